The van der Waals surface area contributed by atoms with Crippen LogP contribution >= 0.6 is 35.3 Å². The van der Waals surface area contributed by atoms with Gasteiger partial charge in [0, 0.05) is 42.4 Å². The summed E-state index contributed by atoms with van der Waals surface area (Å²) >= 11 is 1.72. The molecule has 0 aliphatic heterocycles. The number of aliphatic imine (C=N–C) groups is 1. The quantitative estimate of drug-likeness (QED) is 0.337. The molecule has 7 heteroatoms. The summed E-state index contributed by atoms with van der Waals surface area (Å²) in [7, 11) is 0.885. The third-order valence-corrected chi connectivity index (χ3v) is 5.72. The molecule has 0 bridgehead atoms. The first kappa shape index (κ1) is 22.1. The minimum atomic E-state index is -0.870. The van der Waals surface area contributed by atoms with Crippen molar-refractivity contribution in [2.45, 2.75) is 18.6 Å². The van der Waals surface area contributed by atoms with Gasteiger partial charge in [-0.1, -0.05) is 37.3 Å². The van der Waals surface area contributed by atoms with Gasteiger partial charge in [-0.15, -0.1) is 24.0 Å². The Bertz CT molecular complexity index is 648. The van der Waals surface area contributed by atoms with Crippen LogP contribution in [0.4, 0.5) is 0 Å². The van der Waals surface area contributed by atoms with Gasteiger partial charge in [0.25, 0.3) is 0 Å². The fourth-order valence-electron chi connectivity index (χ4n) is 2.26. The molecule has 25 heavy (non-hydrogen) atoms. The van der Waals surface area contributed by atoms with E-state index in [0.717, 1.165) is 18.1 Å². The molecule has 2 aromatic rings. The molecule has 2 unspecified atom stereocenters. The molecule has 0 fully saturated rings. The van der Waals surface area contributed by atoms with E-state index in [1.54, 1.807) is 18.4 Å². The predicted molar refractivity (Wildman–Crippen MR) is 121 cm³/mol. The lowest BCUT2D eigenvalue weighted by atomic mass is 10.1. The van der Waals surface area contributed by atoms with Crippen LogP contribution in [0.25, 0.3) is 0 Å². The van der Waals surface area contributed by atoms with Gasteiger partial charge >= 0.3 is 0 Å². The zero-order valence-electron chi connectivity index (χ0n) is 14.6. The Labute approximate surface area is 174 Å². The van der Waals surface area contributed by atoms with Gasteiger partial charge in [0.05, 0.1) is 0 Å². The molecule has 2 rings (SSSR count). The van der Waals surface area contributed by atoms with Gasteiger partial charge in [0.15, 0.2) is 5.96 Å². The molecule has 0 spiro atoms. The van der Waals surface area contributed by atoms with Crippen LogP contribution in [-0.4, -0.2) is 36.1 Å². The zero-order chi connectivity index (χ0) is 17.2. The van der Waals surface area contributed by atoms with Crippen molar-refractivity contribution in [2.24, 2.45) is 4.99 Å². The predicted octanol–water partition coefficient (Wildman–Crippen LogP) is 3.58. The average molecular weight is 491 g/mol. The lowest BCUT2D eigenvalue weighted by Gasteiger charge is -2.15. The summed E-state index contributed by atoms with van der Waals surface area (Å²) in [6, 6.07) is 12.1. The SMILES string of the molecule is CN=C(NCCS(=O)Cc1ccccc1)NCC(C)c1ccsc1.I. The van der Waals surface area contributed by atoms with Crippen LogP contribution in [0.2, 0.25) is 0 Å². The van der Waals surface area contributed by atoms with Gasteiger partial charge < -0.3 is 10.6 Å². The number of halogens is 1. The average Bonchev–Trinajstić information content (AvgIpc) is 3.13. The van der Waals surface area contributed by atoms with E-state index >= 15 is 0 Å². The first-order chi connectivity index (χ1) is 11.7. The Hall–Kier alpha value is -0.930. The number of nitrogens with zero attached hydrogens (tertiary/aromatic N) is 1. The number of nitrogens with one attached hydrogen (secondary N) is 2. The Morgan fingerprint density at radius 3 is 2.64 bits per heavy atom. The van der Waals surface area contributed by atoms with Gasteiger partial charge in [0.1, 0.15) is 0 Å². The highest BCUT2D eigenvalue weighted by molar-refractivity contribution is 14.0. The van der Waals surface area contributed by atoms with E-state index in [1.807, 2.05) is 30.3 Å². The van der Waals surface area contributed by atoms with E-state index < -0.39 is 10.8 Å². The summed E-state index contributed by atoms with van der Waals surface area (Å²) in [4.78, 5) is 4.22. The third kappa shape index (κ3) is 8.33. The van der Waals surface area contributed by atoms with Crippen molar-refractivity contribution in [2.75, 3.05) is 25.9 Å². The van der Waals surface area contributed by atoms with Gasteiger partial charge in [-0.3, -0.25) is 9.20 Å². The molecule has 2 atom stereocenters. The van der Waals surface area contributed by atoms with Crippen LogP contribution in [0.5, 0.6) is 0 Å². The van der Waals surface area contributed by atoms with E-state index in [2.05, 4.69) is 39.4 Å². The Balaban J connectivity index is 0.00000312. The monoisotopic (exact) mass is 491 g/mol. The van der Waals surface area contributed by atoms with Gasteiger partial charge in [0.2, 0.25) is 0 Å². The van der Waals surface area contributed by atoms with Crippen LogP contribution in [0.1, 0.15) is 24.0 Å². The van der Waals surface area contributed by atoms with Crippen molar-refractivity contribution in [1.82, 2.24) is 10.6 Å². The topological polar surface area (TPSA) is 53.5 Å². The molecule has 1 aromatic carbocycles. The normalized spacial score (nSPS) is 13.6. The van der Waals surface area contributed by atoms with Gasteiger partial charge in [-0.05, 0) is 33.9 Å². The molecule has 1 aromatic heterocycles. The van der Waals surface area contributed by atoms with E-state index in [4.69, 9.17) is 0 Å². The number of hydrogen-bond acceptors (Lipinski definition) is 3. The molecule has 1 heterocycles. The minimum Gasteiger partial charge on any atom is -0.356 e. The smallest absolute Gasteiger partial charge is 0.191 e. The molecule has 0 radical (unpaired) electrons. The fourth-order valence-corrected chi connectivity index (χ4v) is 4.08. The fraction of sp³-hybridized carbons (Fsp3) is 0.389. The van der Waals surface area contributed by atoms with Gasteiger partial charge in [-0.2, -0.15) is 11.3 Å². The Morgan fingerprint density at radius 2 is 2.00 bits per heavy atom. The second-order valence-corrected chi connectivity index (χ2v) is 7.97. The molecule has 0 amide bonds. The van der Waals surface area contributed by atoms with Crippen molar-refractivity contribution in [3.05, 3.63) is 58.3 Å². The highest BCUT2D eigenvalue weighted by Crippen LogP contribution is 2.16. The summed E-state index contributed by atoms with van der Waals surface area (Å²) < 4.78 is 12.1. The third-order valence-electron chi connectivity index (χ3n) is 3.70. The molecule has 0 saturated heterocycles. The number of rotatable bonds is 8. The van der Waals surface area contributed by atoms with Crippen molar-refractivity contribution in [3.8, 4) is 0 Å². The largest absolute Gasteiger partial charge is 0.356 e. The minimum absolute atomic E-state index is 0. The molecule has 2 N–H and O–H groups in total. The summed E-state index contributed by atoms with van der Waals surface area (Å²) in [6.07, 6.45) is 0. The maximum atomic E-state index is 12.1. The molecule has 4 nitrogen and oxygen atoms in total. The highest BCUT2D eigenvalue weighted by Gasteiger charge is 2.07. The summed E-state index contributed by atoms with van der Waals surface area (Å²) in [5, 5.41) is 10.8. The van der Waals surface area contributed by atoms with Crippen molar-refractivity contribution in [1.29, 1.82) is 0 Å². The summed E-state index contributed by atoms with van der Waals surface area (Å²) in [6.45, 7) is 3.66. The standard InChI is InChI=1S/C18H25N3OS2.HI/c1-15(17-8-10-23-13-17)12-21-18(19-2)20-9-11-24(22)14-16-6-4-3-5-7-16;/h3-8,10,13,15H,9,11-12,14H2,1-2H3,(H2,19,20,21);1H. The second-order valence-electron chi connectivity index (χ2n) is 5.61. The number of thiophene rings is 1. The lowest BCUT2D eigenvalue weighted by Crippen LogP contribution is -2.40. The van der Waals surface area contributed by atoms with E-state index in [0.29, 0.717) is 24.0 Å². The van der Waals surface area contributed by atoms with Crippen LogP contribution in [-0.2, 0) is 16.6 Å². The molecular weight excluding hydrogens is 465 g/mol. The molecule has 138 valence electrons. The van der Waals surface area contributed by atoms with Gasteiger partial charge in [-0.25, -0.2) is 0 Å². The Kier molecular flexibility index (Phi) is 11.0. The van der Waals surface area contributed by atoms with Crippen molar-refractivity contribution >= 4 is 52.1 Å². The van der Waals surface area contributed by atoms with E-state index in [-0.39, 0.29) is 24.0 Å². The van der Waals surface area contributed by atoms with Crippen LogP contribution in [0.3, 0.4) is 0 Å². The molecule has 0 aliphatic carbocycles. The number of hydrogen-bond donors (Lipinski definition) is 2. The van der Waals surface area contributed by atoms with Crippen molar-refractivity contribution < 1.29 is 4.21 Å². The number of benzene rings is 1. The molecular formula is C18H26IN3OS2. The first-order valence-corrected chi connectivity index (χ1v) is 10.5. The first-order valence-electron chi connectivity index (χ1n) is 8.04. The maximum Gasteiger partial charge on any atom is 0.191 e. The summed E-state index contributed by atoms with van der Waals surface area (Å²) in [5.41, 5.74) is 2.45. The number of guanidine groups is 1. The highest BCUT2D eigenvalue weighted by atomic mass is 127. The van der Waals surface area contributed by atoms with Crippen molar-refractivity contribution in [3.63, 3.8) is 0 Å². The maximum absolute atomic E-state index is 12.1. The zero-order valence-corrected chi connectivity index (χ0v) is 18.6. The lowest BCUT2D eigenvalue weighted by molar-refractivity contribution is 0.679. The van der Waals surface area contributed by atoms with Crippen LogP contribution in [0, 0.1) is 0 Å². The second kappa shape index (κ2) is 12.4. The van der Waals surface area contributed by atoms with E-state index in [1.165, 1.54) is 5.56 Å². The van der Waals surface area contributed by atoms with Crippen LogP contribution < -0.4 is 10.6 Å². The van der Waals surface area contributed by atoms with Crippen LogP contribution in [0.15, 0.2) is 52.2 Å². The summed E-state index contributed by atoms with van der Waals surface area (Å²) in [5.74, 6) is 2.40. The molecule has 0 aliphatic rings. The van der Waals surface area contributed by atoms with E-state index in [9.17, 15) is 4.21 Å². The Morgan fingerprint density at radius 1 is 1.24 bits per heavy atom. The molecule has 0 saturated carbocycles.